The molecule has 382 valence electrons. The molecule has 0 bridgehead atoms. The Balaban J connectivity index is 0.827. The standard InChI is InChI=1S/C50H52N2O18S2/c1-57-35-7-21(8-36(58-2)45(35)61-5)39-23-11-31-33(67-19-65-31)13-25(23)43(27-15-63-49(55)41(27)39)69-47(53)29(51)17-71-72-18-30(52)48(54)70-44-26-14-34-32(66-20-68-34)12-24(26)40(42-28(44)16-64-50(42)56)22-9-37(59-3)46(62-6)38(10-22)60-4/h7-14,27-30,39-44H,15-20,51-52H2,1-6H3/t27-,28-,29?,30?,39+,40+,41-,42-,43-,44-/m0/s1. The molecule has 0 aromatic heterocycles. The minimum Gasteiger partial charge on any atom is -0.493 e. The lowest BCUT2D eigenvalue weighted by Crippen LogP contribution is -2.41. The maximum Gasteiger partial charge on any atom is 0.324 e. The summed E-state index contributed by atoms with van der Waals surface area (Å²) in [5, 5.41) is 0. The number of nitrogens with two attached hydrogens (primary N) is 2. The van der Waals surface area contributed by atoms with Crippen LogP contribution in [0.15, 0.2) is 48.5 Å². The number of hydrogen-bond donors (Lipinski definition) is 2. The fourth-order valence-electron chi connectivity index (χ4n) is 10.7. The van der Waals surface area contributed by atoms with Gasteiger partial charge >= 0.3 is 23.9 Å². The van der Waals surface area contributed by atoms with Gasteiger partial charge in [-0.2, -0.15) is 0 Å². The van der Waals surface area contributed by atoms with Crippen LogP contribution in [0, 0.1) is 23.7 Å². The van der Waals surface area contributed by atoms with E-state index in [1.165, 1.54) is 64.2 Å². The number of fused-ring (bicyclic) bond motifs is 6. The third-order valence-electron chi connectivity index (χ3n) is 14.0. The van der Waals surface area contributed by atoms with E-state index in [-0.39, 0.29) is 38.3 Å². The van der Waals surface area contributed by atoms with Crippen molar-refractivity contribution in [2.24, 2.45) is 35.1 Å². The number of cyclic esters (lactones) is 2. The molecule has 4 aromatic carbocycles. The molecule has 10 rings (SSSR count). The van der Waals surface area contributed by atoms with Gasteiger partial charge in [-0.3, -0.25) is 19.2 Å². The van der Waals surface area contributed by atoms with Crippen molar-refractivity contribution < 1.29 is 85.5 Å². The van der Waals surface area contributed by atoms with Gasteiger partial charge < -0.3 is 77.8 Å². The molecular weight excluding hydrogens is 981 g/mol. The quantitative estimate of drug-likeness (QED) is 0.0613. The first-order chi connectivity index (χ1) is 34.9. The second kappa shape index (κ2) is 20.1. The molecule has 0 amide bonds. The van der Waals surface area contributed by atoms with Gasteiger partial charge in [-0.05, 0) is 70.8 Å². The monoisotopic (exact) mass is 1030 g/mol. The Morgan fingerprint density at radius 1 is 0.514 bits per heavy atom. The molecule has 0 saturated carbocycles. The summed E-state index contributed by atoms with van der Waals surface area (Å²) in [6.45, 7) is -0.0482. The van der Waals surface area contributed by atoms with Gasteiger partial charge in [0.25, 0.3) is 0 Å². The summed E-state index contributed by atoms with van der Waals surface area (Å²) < 4.78 is 80.6. The van der Waals surface area contributed by atoms with Crippen molar-refractivity contribution in [2.75, 3.05) is 81.0 Å². The van der Waals surface area contributed by atoms with Crippen LogP contribution in [0.25, 0.3) is 0 Å². The van der Waals surface area contributed by atoms with Crippen LogP contribution in [-0.4, -0.2) is 117 Å². The van der Waals surface area contributed by atoms with Crippen LogP contribution in [0.2, 0.25) is 0 Å². The molecule has 2 unspecified atom stereocenters. The van der Waals surface area contributed by atoms with Crippen molar-refractivity contribution in [1.82, 2.24) is 0 Å². The maximum absolute atomic E-state index is 13.9. The summed E-state index contributed by atoms with van der Waals surface area (Å²) in [6, 6.07) is 12.0. The fourth-order valence-corrected chi connectivity index (χ4v) is 12.9. The second-order valence-electron chi connectivity index (χ2n) is 17.7. The van der Waals surface area contributed by atoms with Crippen molar-refractivity contribution in [3.63, 3.8) is 0 Å². The van der Waals surface area contributed by atoms with Crippen molar-refractivity contribution in [1.29, 1.82) is 0 Å². The molecule has 2 fully saturated rings. The summed E-state index contributed by atoms with van der Waals surface area (Å²) >= 11 is 0. The number of carbonyl (C=O) groups is 4. The van der Waals surface area contributed by atoms with Crippen LogP contribution >= 0.6 is 21.6 Å². The van der Waals surface area contributed by atoms with Crippen molar-refractivity contribution in [3.05, 3.63) is 81.9 Å². The predicted octanol–water partition coefficient (Wildman–Crippen LogP) is 4.97. The lowest BCUT2D eigenvalue weighted by molar-refractivity contribution is -0.156. The molecule has 2 saturated heterocycles. The van der Waals surface area contributed by atoms with Crippen molar-refractivity contribution in [3.8, 4) is 57.5 Å². The molecule has 4 aromatic rings. The highest BCUT2D eigenvalue weighted by Crippen LogP contribution is 2.59. The summed E-state index contributed by atoms with van der Waals surface area (Å²) in [6.07, 6.45) is -1.88. The summed E-state index contributed by atoms with van der Waals surface area (Å²) in [5.41, 5.74) is 16.8. The zero-order valence-electron chi connectivity index (χ0n) is 40.0. The molecule has 6 aliphatic rings. The van der Waals surface area contributed by atoms with Crippen molar-refractivity contribution in [2.45, 2.75) is 36.1 Å². The average molecular weight is 1030 g/mol. The van der Waals surface area contributed by atoms with Gasteiger partial charge in [0.05, 0.1) is 67.7 Å². The minimum absolute atomic E-state index is 0.00955. The van der Waals surface area contributed by atoms with Gasteiger partial charge in [-0.25, -0.2) is 0 Å². The molecule has 4 aliphatic heterocycles. The summed E-state index contributed by atoms with van der Waals surface area (Å²) in [5.74, 6) is -1.91. The molecule has 2 aliphatic carbocycles. The zero-order valence-corrected chi connectivity index (χ0v) is 41.6. The minimum atomic E-state index is -1.12. The van der Waals surface area contributed by atoms with Crippen LogP contribution in [0.1, 0.15) is 57.4 Å². The average Bonchev–Trinajstić information content (AvgIpc) is 4.23. The Morgan fingerprint density at radius 3 is 1.17 bits per heavy atom. The van der Waals surface area contributed by atoms with E-state index in [1.54, 1.807) is 48.5 Å². The Kier molecular flexibility index (Phi) is 13.7. The first-order valence-corrected chi connectivity index (χ1v) is 25.4. The zero-order chi connectivity index (χ0) is 50.5. The SMILES string of the molecule is COc1cc([C@@H]2c3cc4c(cc3[C@H](OC(=O)C(N)CSSCC(N)C(=O)O[C@H]3c5cc6c(cc5[C@@H](c5cc(OC)c(OC)c(OC)c5)[C@H]5C(=O)OC[C@@H]53)OCO6)[C@H]3COC(=O)[C@H]23)OCO4)cc(OC)c1OC. The number of hydrogen-bond acceptors (Lipinski definition) is 22. The first kappa shape index (κ1) is 49.0. The van der Waals surface area contributed by atoms with Gasteiger partial charge in [0.1, 0.15) is 24.3 Å². The molecular formula is C50H52N2O18S2. The van der Waals surface area contributed by atoms with E-state index < -0.39 is 83.7 Å². The Hall–Kier alpha value is -6.62. The summed E-state index contributed by atoms with van der Waals surface area (Å²) in [7, 11) is 11.5. The van der Waals surface area contributed by atoms with Gasteiger partial charge in [-0.15, -0.1) is 0 Å². The highest BCUT2D eigenvalue weighted by atomic mass is 33.1. The maximum atomic E-state index is 13.9. The second-order valence-corrected chi connectivity index (χ2v) is 20.2. The molecule has 10 atom stereocenters. The summed E-state index contributed by atoms with van der Waals surface area (Å²) in [4.78, 5) is 55.2. The third-order valence-corrected chi connectivity index (χ3v) is 16.5. The lowest BCUT2D eigenvalue weighted by Gasteiger charge is -2.39. The van der Waals surface area contributed by atoms with Crippen LogP contribution in [-0.2, 0) is 38.1 Å². The molecule has 0 spiro atoms. The number of carbonyl (C=O) groups excluding carboxylic acids is 4. The van der Waals surface area contributed by atoms with Gasteiger partial charge in [0, 0.05) is 46.3 Å². The van der Waals surface area contributed by atoms with E-state index in [0.717, 1.165) is 0 Å². The van der Waals surface area contributed by atoms with Gasteiger partial charge in [-0.1, -0.05) is 21.6 Å². The molecule has 22 heteroatoms. The number of esters is 4. The number of methoxy groups -OCH3 is 6. The first-order valence-electron chi connectivity index (χ1n) is 22.9. The van der Waals surface area contributed by atoms with Crippen LogP contribution in [0.3, 0.4) is 0 Å². The number of benzene rings is 4. The van der Waals surface area contributed by atoms with E-state index in [2.05, 4.69) is 0 Å². The lowest BCUT2D eigenvalue weighted by atomic mass is 9.66. The molecule has 20 nitrogen and oxygen atoms in total. The molecule has 72 heavy (non-hydrogen) atoms. The Bertz CT molecular complexity index is 2570. The van der Waals surface area contributed by atoms with Crippen LogP contribution in [0.5, 0.6) is 57.5 Å². The largest absolute Gasteiger partial charge is 0.493 e. The Morgan fingerprint density at radius 2 is 0.847 bits per heavy atom. The topological polar surface area (TPSA) is 250 Å². The van der Waals surface area contributed by atoms with Crippen LogP contribution in [0.4, 0.5) is 0 Å². The van der Waals surface area contributed by atoms with Crippen molar-refractivity contribution >= 4 is 45.5 Å². The predicted molar refractivity (Wildman–Crippen MR) is 255 cm³/mol. The fraction of sp³-hybridized carbons (Fsp3) is 0.440. The van der Waals surface area contributed by atoms with E-state index in [9.17, 15) is 19.2 Å². The van der Waals surface area contributed by atoms with E-state index in [4.69, 9.17) is 77.8 Å². The number of ether oxygens (including phenoxy) is 14. The molecule has 4 N–H and O–H groups in total. The highest BCUT2D eigenvalue weighted by Gasteiger charge is 2.56. The van der Waals surface area contributed by atoms with E-state index in [0.29, 0.717) is 90.9 Å². The normalized spacial score (nSPS) is 24.6. The highest BCUT2D eigenvalue weighted by molar-refractivity contribution is 8.76. The van der Waals surface area contributed by atoms with Crippen LogP contribution < -0.4 is 58.8 Å². The number of rotatable bonds is 17. The third kappa shape index (κ3) is 8.50. The van der Waals surface area contributed by atoms with Gasteiger partial charge in [0.15, 0.2) is 46.0 Å². The molecule has 0 radical (unpaired) electrons. The van der Waals surface area contributed by atoms with Gasteiger partial charge in [0.2, 0.25) is 25.1 Å². The van der Waals surface area contributed by atoms with E-state index in [1.807, 2.05) is 0 Å². The van der Waals surface area contributed by atoms with E-state index >= 15 is 0 Å². The smallest absolute Gasteiger partial charge is 0.324 e. The molecule has 4 heterocycles. The Labute approximate surface area is 421 Å².